The van der Waals surface area contributed by atoms with E-state index in [0.717, 1.165) is 24.5 Å². The highest BCUT2D eigenvalue weighted by Gasteiger charge is 2.27. The van der Waals surface area contributed by atoms with Crippen LogP contribution in [0.15, 0.2) is 0 Å². The Morgan fingerprint density at radius 1 is 1.29 bits per heavy atom. The number of aromatic nitrogens is 3. The number of aliphatic hydroxyl groups excluding tert-OH is 1. The Morgan fingerprint density at radius 2 is 2.14 bits per heavy atom. The smallest absolute Gasteiger partial charge is 0.154 e. The van der Waals surface area contributed by atoms with Crippen LogP contribution in [0.25, 0.3) is 0 Å². The second-order valence-corrected chi connectivity index (χ2v) is 4.39. The van der Waals surface area contributed by atoms with Crippen molar-refractivity contribution in [2.75, 3.05) is 0 Å². The van der Waals surface area contributed by atoms with Gasteiger partial charge in [-0.05, 0) is 19.3 Å². The highest BCUT2D eigenvalue weighted by Crippen LogP contribution is 2.34. The summed E-state index contributed by atoms with van der Waals surface area (Å²) in [6.45, 7) is 0.634. The Labute approximate surface area is 83.0 Å². The van der Waals surface area contributed by atoms with Gasteiger partial charge in [-0.2, -0.15) is 5.10 Å². The summed E-state index contributed by atoms with van der Waals surface area (Å²) in [6.07, 6.45) is 5.29. The number of nitrogens with zero attached hydrogens (tertiary/aromatic N) is 3. The number of hydrogen-bond donors (Lipinski definition) is 1. The zero-order chi connectivity index (χ0) is 9.54. The summed E-state index contributed by atoms with van der Waals surface area (Å²) in [5.41, 5.74) is 0. The quantitative estimate of drug-likeness (QED) is 0.719. The van der Waals surface area contributed by atoms with Crippen molar-refractivity contribution >= 4 is 0 Å². The first kappa shape index (κ1) is 8.41. The van der Waals surface area contributed by atoms with Crippen molar-refractivity contribution in [1.82, 2.24) is 14.8 Å². The molecule has 0 aromatic carbocycles. The molecule has 2 aliphatic rings. The van der Waals surface area contributed by atoms with Gasteiger partial charge in [0.25, 0.3) is 0 Å². The van der Waals surface area contributed by atoms with Crippen molar-refractivity contribution in [2.24, 2.45) is 0 Å². The maximum absolute atomic E-state index is 9.49. The van der Waals surface area contributed by atoms with Gasteiger partial charge in [0, 0.05) is 12.3 Å². The average Bonchev–Trinajstić information content (AvgIpc) is 2.43. The molecule has 1 N–H and O–H groups in total. The van der Waals surface area contributed by atoms with Crippen LogP contribution in [0.4, 0.5) is 0 Å². The molecule has 1 fully saturated rings. The van der Waals surface area contributed by atoms with Crippen LogP contribution in [0.1, 0.15) is 43.3 Å². The number of hydrogen-bond acceptors (Lipinski definition) is 3. The average molecular weight is 193 g/mol. The third-order valence-electron chi connectivity index (χ3n) is 3.32. The first-order valence-electron chi connectivity index (χ1n) is 5.44. The van der Waals surface area contributed by atoms with Crippen LogP contribution < -0.4 is 0 Å². The lowest BCUT2D eigenvalue weighted by Crippen LogP contribution is -2.25. The topological polar surface area (TPSA) is 50.9 Å². The summed E-state index contributed by atoms with van der Waals surface area (Å²) < 4.78 is 1.89. The van der Waals surface area contributed by atoms with Gasteiger partial charge in [-0.15, -0.1) is 0 Å². The van der Waals surface area contributed by atoms with Crippen molar-refractivity contribution < 1.29 is 5.11 Å². The zero-order valence-corrected chi connectivity index (χ0v) is 8.19. The number of fused-ring (bicyclic) bond motifs is 1. The molecule has 0 amide bonds. The van der Waals surface area contributed by atoms with Crippen molar-refractivity contribution in [1.29, 1.82) is 0 Å². The zero-order valence-electron chi connectivity index (χ0n) is 8.19. The summed E-state index contributed by atoms with van der Waals surface area (Å²) in [4.78, 5) is 4.55. The van der Waals surface area contributed by atoms with Crippen LogP contribution in [0.3, 0.4) is 0 Å². The molecule has 1 aromatic heterocycles. The number of rotatable bonds is 1. The number of aliphatic hydroxyl groups is 1. The fourth-order valence-electron chi connectivity index (χ4n) is 2.15. The Balaban J connectivity index is 1.87. The summed E-state index contributed by atoms with van der Waals surface area (Å²) in [5.74, 6) is 2.68. The minimum atomic E-state index is -0.224. The monoisotopic (exact) mass is 193 g/mol. The van der Waals surface area contributed by atoms with E-state index in [2.05, 4.69) is 10.1 Å². The molecular formula is C10H15N3O. The third-order valence-corrected chi connectivity index (χ3v) is 3.32. The minimum absolute atomic E-state index is 0.224. The van der Waals surface area contributed by atoms with E-state index in [1.54, 1.807) is 0 Å². The van der Waals surface area contributed by atoms with E-state index in [-0.39, 0.29) is 6.10 Å². The summed E-state index contributed by atoms with van der Waals surface area (Å²) >= 11 is 0. The van der Waals surface area contributed by atoms with Crippen molar-refractivity contribution in [3.8, 4) is 0 Å². The Bertz CT molecular complexity index is 343. The van der Waals surface area contributed by atoms with Crippen LogP contribution in [0.5, 0.6) is 0 Å². The first-order chi connectivity index (χ1) is 6.83. The first-order valence-corrected chi connectivity index (χ1v) is 5.44. The molecule has 1 aliphatic heterocycles. The Kier molecular flexibility index (Phi) is 1.83. The fraction of sp³-hybridized carbons (Fsp3) is 0.800. The number of aryl methyl sites for hydroxylation is 1. The van der Waals surface area contributed by atoms with Crippen LogP contribution in [0, 0.1) is 0 Å². The van der Waals surface area contributed by atoms with E-state index in [0.29, 0.717) is 12.5 Å². The van der Waals surface area contributed by atoms with E-state index in [1.807, 2.05) is 4.68 Å². The Morgan fingerprint density at radius 3 is 2.86 bits per heavy atom. The molecular weight excluding hydrogens is 178 g/mol. The van der Waals surface area contributed by atoms with Crippen LogP contribution >= 0.6 is 0 Å². The SMILES string of the molecule is OC1CCc2nc(C3CCC3)nn2C1. The van der Waals surface area contributed by atoms with E-state index < -0.39 is 0 Å². The maximum atomic E-state index is 9.49. The van der Waals surface area contributed by atoms with Gasteiger partial charge in [-0.25, -0.2) is 9.67 Å². The molecule has 0 spiro atoms. The highest BCUT2D eigenvalue weighted by molar-refractivity contribution is 5.04. The summed E-state index contributed by atoms with van der Waals surface area (Å²) in [7, 11) is 0. The van der Waals surface area contributed by atoms with Gasteiger partial charge in [0.05, 0.1) is 12.6 Å². The van der Waals surface area contributed by atoms with Gasteiger partial charge in [-0.1, -0.05) is 6.42 Å². The molecule has 1 saturated carbocycles. The largest absolute Gasteiger partial charge is 0.391 e. The van der Waals surface area contributed by atoms with Gasteiger partial charge in [0.1, 0.15) is 5.82 Å². The predicted molar refractivity (Wildman–Crippen MR) is 50.9 cm³/mol. The third kappa shape index (κ3) is 1.25. The summed E-state index contributed by atoms with van der Waals surface area (Å²) in [5, 5.41) is 14.0. The van der Waals surface area contributed by atoms with Crippen LogP contribution in [-0.2, 0) is 13.0 Å². The van der Waals surface area contributed by atoms with Crippen LogP contribution in [-0.4, -0.2) is 26.0 Å². The molecule has 1 atom stereocenters. The molecule has 3 rings (SSSR count). The van der Waals surface area contributed by atoms with Crippen molar-refractivity contribution in [3.05, 3.63) is 11.6 Å². The van der Waals surface area contributed by atoms with Crippen molar-refractivity contribution in [2.45, 2.75) is 50.7 Å². The lowest BCUT2D eigenvalue weighted by Gasteiger charge is -2.21. The normalized spacial score (nSPS) is 27.1. The molecule has 0 bridgehead atoms. The molecule has 1 unspecified atom stereocenters. The molecule has 76 valence electrons. The molecule has 4 heteroatoms. The van der Waals surface area contributed by atoms with Gasteiger partial charge < -0.3 is 5.11 Å². The minimum Gasteiger partial charge on any atom is -0.391 e. The second-order valence-electron chi connectivity index (χ2n) is 4.39. The summed E-state index contributed by atoms with van der Waals surface area (Å²) in [6, 6.07) is 0. The molecule has 0 saturated heterocycles. The molecule has 1 aliphatic carbocycles. The molecule has 0 radical (unpaired) electrons. The predicted octanol–water partition coefficient (Wildman–Crippen LogP) is 0.853. The van der Waals surface area contributed by atoms with E-state index in [4.69, 9.17) is 0 Å². The maximum Gasteiger partial charge on any atom is 0.154 e. The standard InChI is InChI=1S/C10H15N3O/c14-8-4-5-9-11-10(7-2-1-3-7)12-13(9)6-8/h7-8,14H,1-6H2. The molecule has 14 heavy (non-hydrogen) atoms. The molecule has 4 nitrogen and oxygen atoms in total. The van der Waals surface area contributed by atoms with E-state index >= 15 is 0 Å². The Hall–Kier alpha value is -0.900. The molecule has 1 aromatic rings. The highest BCUT2D eigenvalue weighted by atomic mass is 16.3. The van der Waals surface area contributed by atoms with E-state index in [1.165, 1.54) is 19.3 Å². The van der Waals surface area contributed by atoms with Gasteiger partial charge in [-0.3, -0.25) is 0 Å². The molecule has 2 heterocycles. The van der Waals surface area contributed by atoms with Gasteiger partial charge in [0.15, 0.2) is 5.82 Å². The lowest BCUT2D eigenvalue weighted by atomic mass is 9.85. The lowest BCUT2D eigenvalue weighted by molar-refractivity contribution is 0.124. The van der Waals surface area contributed by atoms with E-state index in [9.17, 15) is 5.11 Å². The van der Waals surface area contributed by atoms with Crippen molar-refractivity contribution in [3.63, 3.8) is 0 Å². The fourth-order valence-corrected chi connectivity index (χ4v) is 2.15. The second kappa shape index (κ2) is 3.05. The van der Waals surface area contributed by atoms with Gasteiger partial charge >= 0.3 is 0 Å². The van der Waals surface area contributed by atoms with Crippen LogP contribution in [0.2, 0.25) is 0 Å². The van der Waals surface area contributed by atoms with Gasteiger partial charge in [0.2, 0.25) is 0 Å².